The van der Waals surface area contributed by atoms with Crippen LogP contribution in [0, 0.1) is 0 Å². The largest absolute Gasteiger partial charge is 0.446 e. The second-order valence-corrected chi connectivity index (χ2v) is 4.14. The van der Waals surface area contributed by atoms with E-state index in [-0.39, 0.29) is 0 Å². The van der Waals surface area contributed by atoms with E-state index >= 15 is 0 Å². The van der Waals surface area contributed by atoms with Crippen LogP contribution in [0.4, 0.5) is 26.3 Å². The molecule has 0 aromatic heterocycles. The van der Waals surface area contributed by atoms with E-state index in [0.29, 0.717) is 6.07 Å². The molecule has 90 valence electrons. The van der Waals surface area contributed by atoms with Crippen LogP contribution in [-0.4, -0.2) is 5.51 Å². The van der Waals surface area contributed by atoms with Crippen LogP contribution in [0.25, 0.3) is 0 Å². The minimum absolute atomic E-state index is 0.556. The summed E-state index contributed by atoms with van der Waals surface area (Å²) in [5, 5.41) is -0.572. The van der Waals surface area contributed by atoms with Gasteiger partial charge in [0.1, 0.15) is 0 Å². The zero-order chi connectivity index (χ0) is 12.6. The lowest BCUT2D eigenvalue weighted by Crippen LogP contribution is -2.09. The van der Waals surface area contributed by atoms with E-state index in [1.54, 1.807) is 0 Å². The number of hydrogen-bond acceptors (Lipinski definition) is 1. The predicted octanol–water partition coefficient (Wildman–Crippen LogP) is 4.97. The molecule has 0 spiro atoms. The van der Waals surface area contributed by atoms with Crippen LogP contribution in [0.15, 0.2) is 23.1 Å². The standard InChI is InChI=1S/C8H3ClF6S/c9-5-3-1-2-4(7(10,11)12)6(5)16-8(13,14)15/h1-3H. The fraction of sp³-hybridized carbons (Fsp3) is 0.250. The van der Waals surface area contributed by atoms with Crippen LogP contribution in [0.5, 0.6) is 0 Å². The molecule has 0 fully saturated rings. The highest BCUT2D eigenvalue weighted by Gasteiger charge is 2.39. The average Bonchev–Trinajstić information content (AvgIpc) is 2.04. The zero-order valence-electron chi connectivity index (χ0n) is 7.29. The van der Waals surface area contributed by atoms with Gasteiger partial charge in [-0.2, -0.15) is 26.3 Å². The number of thioether (sulfide) groups is 1. The molecular formula is C8H3ClF6S. The normalized spacial score (nSPS) is 12.9. The lowest BCUT2D eigenvalue weighted by Gasteiger charge is -2.14. The molecule has 0 amide bonds. The summed E-state index contributed by atoms with van der Waals surface area (Å²) in [6.45, 7) is 0. The predicted molar refractivity (Wildman–Crippen MR) is 48.4 cm³/mol. The van der Waals surface area contributed by atoms with Gasteiger partial charge in [0, 0.05) is 4.90 Å². The van der Waals surface area contributed by atoms with Crippen molar-refractivity contribution in [2.45, 2.75) is 16.6 Å². The molecule has 0 saturated heterocycles. The quantitative estimate of drug-likeness (QED) is 0.517. The highest BCUT2D eigenvalue weighted by atomic mass is 35.5. The first-order valence-electron chi connectivity index (χ1n) is 3.73. The van der Waals surface area contributed by atoms with Crippen LogP contribution in [0.1, 0.15) is 5.56 Å². The van der Waals surface area contributed by atoms with Gasteiger partial charge >= 0.3 is 11.7 Å². The molecule has 0 aliphatic carbocycles. The summed E-state index contributed by atoms with van der Waals surface area (Å²) in [6, 6.07) is 2.48. The Morgan fingerprint density at radius 1 is 1.00 bits per heavy atom. The second kappa shape index (κ2) is 4.37. The summed E-state index contributed by atoms with van der Waals surface area (Å²) < 4.78 is 73.2. The molecule has 0 nitrogen and oxygen atoms in total. The Morgan fingerprint density at radius 3 is 2.00 bits per heavy atom. The number of benzene rings is 1. The zero-order valence-corrected chi connectivity index (χ0v) is 8.86. The van der Waals surface area contributed by atoms with E-state index < -0.39 is 38.9 Å². The smallest absolute Gasteiger partial charge is 0.166 e. The van der Waals surface area contributed by atoms with E-state index in [4.69, 9.17) is 11.6 Å². The molecule has 16 heavy (non-hydrogen) atoms. The topological polar surface area (TPSA) is 0 Å². The van der Waals surface area contributed by atoms with Crippen molar-refractivity contribution in [2.75, 3.05) is 0 Å². The first-order valence-corrected chi connectivity index (χ1v) is 4.92. The lowest BCUT2D eigenvalue weighted by molar-refractivity contribution is -0.139. The number of alkyl halides is 6. The first kappa shape index (κ1) is 13.5. The van der Waals surface area contributed by atoms with Crippen LogP contribution in [-0.2, 0) is 6.18 Å². The molecule has 0 unspecified atom stereocenters. The third kappa shape index (κ3) is 3.48. The van der Waals surface area contributed by atoms with Crippen LogP contribution in [0.2, 0.25) is 5.02 Å². The number of halogens is 7. The number of rotatable bonds is 1. The van der Waals surface area contributed by atoms with E-state index in [0.717, 1.165) is 12.1 Å². The molecular weight excluding hydrogens is 278 g/mol. The van der Waals surface area contributed by atoms with Crippen molar-refractivity contribution in [1.82, 2.24) is 0 Å². The molecule has 0 aliphatic rings. The van der Waals surface area contributed by atoms with Gasteiger partial charge in [0.15, 0.2) is 0 Å². The second-order valence-electron chi connectivity index (χ2n) is 2.66. The van der Waals surface area contributed by atoms with E-state index in [2.05, 4.69) is 0 Å². The summed E-state index contributed by atoms with van der Waals surface area (Å²) in [6.07, 6.45) is -4.86. The van der Waals surface area contributed by atoms with E-state index in [1.165, 1.54) is 0 Å². The van der Waals surface area contributed by atoms with Gasteiger partial charge in [-0.25, -0.2) is 0 Å². The SMILES string of the molecule is FC(F)(F)Sc1c(Cl)cccc1C(F)(F)F. The van der Waals surface area contributed by atoms with Crippen molar-refractivity contribution < 1.29 is 26.3 Å². The molecule has 0 radical (unpaired) electrons. The van der Waals surface area contributed by atoms with Gasteiger partial charge in [0.2, 0.25) is 0 Å². The van der Waals surface area contributed by atoms with Crippen LogP contribution < -0.4 is 0 Å². The average molecular weight is 281 g/mol. The Labute approximate surface area is 95.6 Å². The lowest BCUT2D eigenvalue weighted by atomic mass is 10.2. The minimum Gasteiger partial charge on any atom is -0.166 e. The highest BCUT2D eigenvalue weighted by Crippen LogP contribution is 2.46. The highest BCUT2D eigenvalue weighted by molar-refractivity contribution is 8.00. The third-order valence-corrected chi connectivity index (χ3v) is 2.79. The fourth-order valence-electron chi connectivity index (χ4n) is 0.952. The van der Waals surface area contributed by atoms with Crippen molar-refractivity contribution in [1.29, 1.82) is 0 Å². The first-order chi connectivity index (χ1) is 7.11. The van der Waals surface area contributed by atoms with Crippen molar-refractivity contribution >= 4 is 23.4 Å². The van der Waals surface area contributed by atoms with Gasteiger partial charge in [-0.3, -0.25) is 0 Å². The molecule has 0 saturated carbocycles. The van der Waals surface area contributed by atoms with Gasteiger partial charge in [-0.05, 0) is 23.9 Å². The summed E-state index contributed by atoms with van der Waals surface area (Å²) in [4.78, 5) is -1.02. The fourth-order valence-corrected chi connectivity index (χ4v) is 1.93. The number of hydrogen-bond donors (Lipinski definition) is 0. The minimum atomic E-state index is -4.86. The summed E-state index contributed by atoms with van der Waals surface area (Å²) in [5.41, 5.74) is -6.20. The van der Waals surface area contributed by atoms with Gasteiger partial charge < -0.3 is 0 Å². The maximum Gasteiger partial charge on any atom is 0.446 e. The monoisotopic (exact) mass is 280 g/mol. The Bertz CT molecular complexity index is 383. The van der Waals surface area contributed by atoms with Crippen molar-refractivity contribution in [3.63, 3.8) is 0 Å². The van der Waals surface area contributed by atoms with Crippen molar-refractivity contribution in [3.05, 3.63) is 28.8 Å². The summed E-state index contributed by atoms with van der Waals surface area (Å²) in [7, 11) is 0. The summed E-state index contributed by atoms with van der Waals surface area (Å²) >= 11 is 4.45. The molecule has 8 heteroatoms. The molecule has 1 aromatic carbocycles. The molecule has 1 aromatic rings. The molecule has 0 N–H and O–H groups in total. The van der Waals surface area contributed by atoms with Gasteiger partial charge in [-0.15, -0.1) is 0 Å². The van der Waals surface area contributed by atoms with Gasteiger partial charge in [-0.1, -0.05) is 17.7 Å². The Balaban J connectivity index is 3.25. The van der Waals surface area contributed by atoms with Gasteiger partial charge in [0.25, 0.3) is 0 Å². The molecule has 0 atom stereocenters. The van der Waals surface area contributed by atoms with Crippen molar-refractivity contribution in [3.8, 4) is 0 Å². The molecule has 0 bridgehead atoms. The maximum atomic E-state index is 12.4. The van der Waals surface area contributed by atoms with Gasteiger partial charge in [0.05, 0.1) is 10.6 Å². The molecule has 0 heterocycles. The Hall–Kier alpha value is -0.560. The van der Waals surface area contributed by atoms with Crippen molar-refractivity contribution in [2.24, 2.45) is 0 Å². The molecule has 1 rings (SSSR count). The van der Waals surface area contributed by atoms with Crippen LogP contribution >= 0.6 is 23.4 Å². The van der Waals surface area contributed by atoms with E-state index in [1.807, 2.05) is 0 Å². The van der Waals surface area contributed by atoms with E-state index in [9.17, 15) is 26.3 Å². The molecule has 0 aliphatic heterocycles. The maximum absolute atomic E-state index is 12.4. The third-order valence-electron chi connectivity index (χ3n) is 1.49. The Morgan fingerprint density at radius 2 is 1.56 bits per heavy atom. The summed E-state index contributed by atoms with van der Waals surface area (Å²) in [5.74, 6) is 0. The Kier molecular flexibility index (Phi) is 3.69. The van der Waals surface area contributed by atoms with Crippen LogP contribution in [0.3, 0.4) is 0 Å².